The zero-order valence-electron chi connectivity index (χ0n) is 11.4. The summed E-state index contributed by atoms with van der Waals surface area (Å²) in [6.45, 7) is 0.877. The molecule has 0 radical (unpaired) electrons. The molecule has 3 N–H and O–H groups in total. The van der Waals surface area contributed by atoms with Gasteiger partial charge in [0.25, 0.3) is 0 Å². The summed E-state index contributed by atoms with van der Waals surface area (Å²) in [5, 5.41) is 9.04. The molecule has 0 spiro atoms. The van der Waals surface area contributed by atoms with E-state index in [9.17, 15) is 9.59 Å². The number of hydrogen-bond donors (Lipinski definition) is 2. The van der Waals surface area contributed by atoms with Gasteiger partial charge in [0, 0.05) is 13.1 Å². The van der Waals surface area contributed by atoms with Crippen LogP contribution in [0.1, 0.15) is 18.4 Å². The summed E-state index contributed by atoms with van der Waals surface area (Å²) < 4.78 is 0. The smallest absolute Gasteiger partial charge is 0.308 e. The van der Waals surface area contributed by atoms with Crippen LogP contribution in [-0.2, 0) is 16.0 Å². The zero-order valence-corrected chi connectivity index (χ0v) is 11.4. The highest BCUT2D eigenvalue weighted by Crippen LogP contribution is 2.17. The van der Waals surface area contributed by atoms with Crippen LogP contribution in [0.4, 0.5) is 0 Å². The largest absolute Gasteiger partial charge is 0.481 e. The van der Waals surface area contributed by atoms with Gasteiger partial charge in [0.1, 0.15) is 0 Å². The van der Waals surface area contributed by atoms with Gasteiger partial charge in [-0.25, -0.2) is 0 Å². The van der Waals surface area contributed by atoms with Gasteiger partial charge in [-0.15, -0.1) is 0 Å². The first-order valence-corrected chi connectivity index (χ1v) is 6.89. The highest BCUT2D eigenvalue weighted by atomic mass is 16.4. The first kappa shape index (κ1) is 14.5. The Morgan fingerprint density at radius 3 is 2.70 bits per heavy atom. The molecule has 0 aromatic heterocycles. The van der Waals surface area contributed by atoms with Crippen molar-refractivity contribution in [3.63, 3.8) is 0 Å². The number of carboxylic acids is 1. The summed E-state index contributed by atoms with van der Waals surface area (Å²) in [7, 11) is 0. The van der Waals surface area contributed by atoms with Crippen LogP contribution < -0.4 is 5.73 Å². The summed E-state index contributed by atoms with van der Waals surface area (Å²) in [5.41, 5.74) is 6.98. The second-order valence-electron chi connectivity index (χ2n) is 5.26. The third-order valence-electron chi connectivity index (χ3n) is 3.70. The predicted molar refractivity (Wildman–Crippen MR) is 75.1 cm³/mol. The maximum absolute atomic E-state index is 12.3. The number of hydrogen-bond acceptors (Lipinski definition) is 3. The third-order valence-corrected chi connectivity index (χ3v) is 3.70. The lowest BCUT2D eigenvalue weighted by atomic mass is 9.97. The van der Waals surface area contributed by atoms with Crippen LogP contribution >= 0.6 is 0 Å². The predicted octanol–water partition coefficient (Wildman–Crippen LogP) is 0.880. The molecule has 2 atom stereocenters. The molecule has 0 saturated carbocycles. The van der Waals surface area contributed by atoms with E-state index in [1.807, 2.05) is 30.3 Å². The van der Waals surface area contributed by atoms with Gasteiger partial charge in [0.15, 0.2) is 0 Å². The van der Waals surface area contributed by atoms with Crippen LogP contribution in [-0.4, -0.2) is 41.0 Å². The van der Waals surface area contributed by atoms with E-state index >= 15 is 0 Å². The van der Waals surface area contributed by atoms with Crippen LogP contribution in [0.2, 0.25) is 0 Å². The number of benzene rings is 1. The Labute approximate surface area is 118 Å². The van der Waals surface area contributed by atoms with Crippen molar-refractivity contribution >= 4 is 11.9 Å². The van der Waals surface area contributed by atoms with E-state index in [2.05, 4.69) is 0 Å². The van der Waals surface area contributed by atoms with Gasteiger partial charge in [-0.3, -0.25) is 9.59 Å². The molecule has 108 valence electrons. The lowest BCUT2D eigenvalue weighted by Gasteiger charge is -2.32. The van der Waals surface area contributed by atoms with Crippen LogP contribution in [0, 0.1) is 5.92 Å². The first-order valence-electron chi connectivity index (χ1n) is 6.89. The number of carbonyl (C=O) groups is 2. The van der Waals surface area contributed by atoms with E-state index in [-0.39, 0.29) is 12.5 Å². The van der Waals surface area contributed by atoms with Crippen molar-refractivity contribution in [1.29, 1.82) is 0 Å². The molecule has 1 aromatic carbocycles. The van der Waals surface area contributed by atoms with E-state index in [4.69, 9.17) is 10.8 Å². The van der Waals surface area contributed by atoms with Crippen molar-refractivity contribution in [2.24, 2.45) is 11.7 Å². The van der Waals surface area contributed by atoms with Gasteiger partial charge in [-0.2, -0.15) is 0 Å². The summed E-state index contributed by atoms with van der Waals surface area (Å²) in [5.74, 6) is -1.45. The monoisotopic (exact) mass is 276 g/mol. The number of likely N-dealkylation sites (tertiary alicyclic amines) is 1. The van der Waals surface area contributed by atoms with Gasteiger partial charge < -0.3 is 15.7 Å². The molecule has 1 amide bonds. The minimum Gasteiger partial charge on any atom is -0.481 e. The van der Waals surface area contributed by atoms with Crippen LogP contribution in [0.5, 0.6) is 0 Å². The molecule has 1 aliphatic rings. The van der Waals surface area contributed by atoms with Gasteiger partial charge in [-0.05, 0) is 24.8 Å². The summed E-state index contributed by atoms with van der Waals surface area (Å²) in [6.07, 6.45) is 1.84. The number of amides is 1. The second kappa shape index (κ2) is 6.52. The summed E-state index contributed by atoms with van der Waals surface area (Å²) >= 11 is 0. The number of carboxylic acid groups (broad SMARTS) is 1. The van der Waals surface area contributed by atoms with Gasteiger partial charge in [-0.1, -0.05) is 30.3 Å². The van der Waals surface area contributed by atoms with E-state index in [0.717, 1.165) is 12.0 Å². The number of aliphatic carboxylic acids is 1. The molecule has 5 nitrogen and oxygen atoms in total. The SMILES string of the molecule is NC(Cc1ccccc1)C(=O)N1CCC[C@@H](C(=O)O)C1. The Bertz CT molecular complexity index is 475. The lowest BCUT2D eigenvalue weighted by Crippen LogP contribution is -2.49. The van der Waals surface area contributed by atoms with Crippen LogP contribution in [0.25, 0.3) is 0 Å². The third kappa shape index (κ3) is 3.57. The second-order valence-corrected chi connectivity index (χ2v) is 5.26. The molecule has 1 aromatic rings. The minimum atomic E-state index is -0.834. The Hall–Kier alpha value is -1.88. The molecular weight excluding hydrogens is 256 g/mol. The number of nitrogens with two attached hydrogens (primary N) is 1. The van der Waals surface area contributed by atoms with Gasteiger partial charge >= 0.3 is 5.97 Å². The fourth-order valence-corrected chi connectivity index (χ4v) is 2.57. The van der Waals surface area contributed by atoms with Crippen molar-refractivity contribution in [3.8, 4) is 0 Å². The molecule has 0 bridgehead atoms. The van der Waals surface area contributed by atoms with Crippen molar-refractivity contribution in [2.75, 3.05) is 13.1 Å². The highest BCUT2D eigenvalue weighted by molar-refractivity contribution is 5.83. The molecule has 20 heavy (non-hydrogen) atoms. The molecule has 1 heterocycles. The number of carbonyl (C=O) groups excluding carboxylic acids is 1. The zero-order chi connectivity index (χ0) is 14.5. The molecule has 5 heteroatoms. The Morgan fingerprint density at radius 2 is 2.05 bits per heavy atom. The van der Waals surface area contributed by atoms with Crippen molar-refractivity contribution in [2.45, 2.75) is 25.3 Å². The maximum Gasteiger partial charge on any atom is 0.308 e. The quantitative estimate of drug-likeness (QED) is 0.855. The molecule has 1 saturated heterocycles. The van der Waals surface area contributed by atoms with Gasteiger partial charge in [0.05, 0.1) is 12.0 Å². The minimum absolute atomic E-state index is 0.153. The van der Waals surface area contributed by atoms with Crippen LogP contribution in [0.15, 0.2) is 30.3 Å². The van der Waals surface area contributed by atoms with Crippen LogP contribution in [0.3, 0.4) is 0 Å². The van der Waals surface area contributed by atoms with Gasteiger partial charge in [0.2, 0.25) is 5.91 Å². The fraction of sp³-hybridized carbons (Fsp3) is 0.467. The molecule has 1 aliphatic heterocycles. The highest BCUT2D eigenvalue weighted by Gasteiger charge is 2.30. The molecule has 0 aliphatic carbocycles. The topological polar surface area (TPSA) is 83.6 Å². The van der Waals surface area contributed by atoms with E-state index < -0.39 is 17.9 Å². The Morgan fingerprint density at radius 1 is 1.35 bits per heavy atom. The van der Waals surface area contributed by atoms with Crippen molar-refractivity contribution in [1.82, 2.24) is 4.90 Å². The molecular formula is C15H20N2O3. The number of rotatable bonds is 4. The molecule has 1 unspecified atom stereocenters. The maximum atomic E-state index is 12.3. The van der Waals surface area contributed by atoms with Crippen molar-refractivity contribution < 1.29 is 14.7 Å². The Kier molecular flexibility index (Phi) is 4.74. The van der Waals surface area contributed by atoms with E-state index in [0.29, 0.717) is 19.4 Å². The normalized spacial score (nSPS) is 20.4. The standard InChI is InChI=1S/C15H20N2O3/c16-13(9-11-5-2-1-3-6-11)14(18)17-8-4-7-12(10-17)15(19)20/h1-3,5-6,12-13H,4,7-10,16H2,(H,19,20)/t12-,13?/m1/s1. The Balaban J connectivity index is 1.94. The van der Waals surface area contributed by atoms with Crippen molar-refractivity contribution in [3.05, 3.63) is 35.9 Å². The lowest BCUT2D eigenvalue weighted by molar-refractivity contribution is -0.146. The fourth-order valence-electron chi connectivity index (χ4n) is 2.57. The average Bonchev–Trinajstić information content (AvgIpc) is 2.47. The summed E-state index contributed by atoms with van der Waals surface area (Å²) in [6, 6.07) is 9.00. The first-order chi connectivity index (χ1) is 9.58. The number of nitrogens with zero attached hydrogens (tertiary/aromatic N) is 1. The van der Waals surface area contributed by atoms with E-state index in [1.54, 1.807) is 4.90 Å². The number of piperidine rings is 1. The molecule has 1 fully saturated rings. The van der Waals surface area contributed by atoms with E-state index in [1.165, 1.54) is 0 Å². The average molecular weight is 276 g/mol. The molecule has 2 rings (SSSR count). The summed E-state index contributed by atoms with van der Waals surface area (Å²) in [4.78, 5) is 24.9.